The normalized spacial score (nSPS) is 16.6. The predicted molar refractivity (Wildman–Crippen MR) is 144 cm³/mol. The van der Waals surface area contributed by atoms with E-state index in [1.807, 2.05) is 6.92 Å². The van der Waals surface area contributed by atoms with E-state index in [2.05, 4.69) is 15.0 Å². The quantitative estimate of drug-likeness (QED) is 0.400. The number of sulfonamides is 1. The van der Waals surface area contributed by atoms with Crippen molar-refractivity contribution in [3.63, 3.8) is 0 Å². The monoisotopic (exact) mass is 578 g/mol. The van der Waals surface area contributed by atoms with Gasteiger partial charge in [0, 0.05) is 31.0 Å². The highest BCUT2D eigenvalue weighted by Gasteiger charge is 2.34. The van der Waals surface area contributed by atoms with Crippen molar-refractivity contribution in [1.82, 2.24) is 19.9 Å². The van der Waals surface area contributed by atoms with Gasteiger partial charge in [-0.25, -0.2) is 8.42 Å². The molecule has 1 fully saturated rings. The Bertz CT molecular complexity index is 1400. The zero-order chi connectivity index (χ0) is 27.3. The molecular weight excluding hydrogens is 552 g/mol. The van der Waals surface area contributed by atoms with Gasteiger partial charge < -0.3 is 19.7 Å². The molecular formula is C25H27ClN4O6S2. The molecule has 2 aromatic heterocycles. The molecule has 3 heterocycles. The maximum Gasteiger partial charge on any atom is 0.261 e. The van der Waals surface area contributed by atoms with Gasteiger partial charge in [0.2, 0.25) is 15.9 Å². The minimum atomic E-state index is -4.28. The molecule has 0 bridgehead atoms. The Morgan fingerprint density at radius 3 is 2.66 bits per heavy atom. The van der Waals surface area contributed by atoms with E-state index in [1.54, 1.807) is 53.7 Å². The summed E-state index contributed by atoms with van der Waals surface area (Å²) in [5, 5.41) is 2.66. The van der Waals surface area contributed by atoms with E-state index in [-0.39, 0.29) is 23.2 Å². The number of pyridine rings is 1. The van der Waals surface area contributed by atoms with E-state index in [0.29, 0.717) is 40.1 Å². The molecule has 0 radical (unpaired) electrons. The van der Waals surface area contributed by atoms with Gasteiger partial charge in [-0.05, 0) is 42.8 Å². The highest BCUT2D eigenvalue weighted by Crippen LogP contribution is 2.35. The first-order valence-electron chi connectivity index (χ1n) is 11.7. The molecule has 2 N–H and O–H groups in total. The molecule has 0 saturated carbocycles. The third-order valence-electron chi connectivity index (χ3n) is 5.97. The van der Waals surface area contributed by atoms with Gasteiger partial charge in [0.15, 0.2) is 0 Å². The maximum atomic E-state index is 13.7. The first-order valence-corrected chi connectivity index (χ1v) is 14.4. The number of morpholine rings is 1. The Labute approximate surface area is 230 Å². The Morgan fingerprint density at radius 2 is 2.00 bits per heavy atom. The minimum Gasteiger partial charge on any atom is -0.495 e. The first kappa shape index (κ1) is 28.0. The number of hydrogen-bond acceptors (Lipinski definition) is 8. The Morgan fingerprint density at radius 1 is 1.24 bits per heavy atom. The average Bonchev–Trinajstić information content (AvgIpc) is 3.37. The van der Waals surface area contributed by atoms with Crippen molar-refractivity contribution in [3.8, 4) is 16.9 Å². The zero-order valence-electron chi connectivity index (χ0n) is 20.7. The summed E-state index contributed by atoms with van der Waals surface area (Å²) in [5.74, 6) is -0.821. The van der Waals surface area contributed by atoms with Crippen LogP contribution < -0.4 is 14.8 Å². The number of carbonyl (C=O) groups excluding carboxylic acids is 2. The number of nitrogens with zero attached hydrogens (tertiary/aromatic N) is 2. The number of rotatable bonds is 9. The minimum absolute atomic E-state index is 0.120. The van der Waals surface area contributed by atoms with E-state index in [9.17, 15) is 18.0 Å². The number of hydrogen-bond donors (Lipinski definition) is 2. The molecule has 2 atom stereocenters. The molecule has 2 amide bonds. The van der Waals surface area contributed by atoms with Gasteiger partial charge >= 0.3 is 0 Å². The van der Waals surface area contributed by atoms with Gasteiger partial charge in [-0.1, -0.05) is 23.7 Å². The Balaban J connectivity index is 1.64. The summed E-state index contributed by atoms with van der Waals surface area (Å²) in [6, 6.07) is 9.80. The fraction of sp³-hybridized carbons (Fsp3) is 0.320. The topological polar surface area (TPSA) is 127 Å². The van der Waals surface area contributed by atoms with Gasteiger partial charge in [0.25, 0.3) is 5.91 Å². The summed E-state index contributed by atoms with van der Waals surface area (Å²) in [6.07, 6.45) is 3.19. The van der Waals surface area contributed by atoms with Gasteiger partial charge in [-0.2, -0.15) is 4.72 Å². The predicted octanol–water partition coefficient (Wildman–Crippen LogP) is 2.80. The molecule has 202 valence electrons. The van der Waals surface area contributed by atoms with Crippen LogP contribution in [0.25, 0.3) is 11.1 Å². The van der Waals surface area contributed by atoms with Crippen molar-refractivity contribution < 1.29 is 27.5 Å². The number of para-hydroxylation sites is 1. The number of methoxy groups -OCH3 is 1. The molecule has 10 nitrogen and oxygen atoms in total. The lowest BCUT2D eigenvalue weighted by atomic mass is 10.1. The number of amides is 2. The molecule has 0 unspecified atom stereocenters. The fourth-order valence-corrected chi connectivity index (χ4v) is 6.44. The third-order valence-corrected chi connectivity index (χ3v) is 8.70. The summed E-state index contributed by atoms with van der Waals surface area (Å²) >= 11 is 7.02. The van der Waals surface area contributed by atoms with Crippen LogP contribution in [0, 0.1) is 0 Å². The number of carbonyl (C=O) groups is 2. The first-order chi connectivity index (χ1) is 18.2. The molecule has 4 rings (SSSR count). The summed E-state index contributed by atoms with van der Waals surface area (Å²) in [7, 11) is -2.90. The van der Waals surface area contributed by atoms with E-state index >= 15 is 0 Å². The largest absolute Gasteiger partial charge is 0.495 e. The second kappa shape index (κ2) is 12.2. The van der Waals surface area contributed by atoms with Gasteiger partial charge in [-0.3, -0.25) is 14.6 Å². The lowest BCUT2D eigenvalue weighted by Gasteiger charge is -2.36. The van der Waals surface area contributed by atoms with Crippen molar-refractivity contribution in [2.45, 2.75) is 23.9 Å². The van der Waals surface area contributed by atoms with Crippen LogP contribution >= 0.6 is 22.9 Å². The van der Waals surface area contributed by atoms with Crippen LogP contribution in [-0.4, -0.2) is 75.6 Å². The number of nitrogens with one attached hydrogen (secondary N) is 2. The molecule has 3 aromatic rings. The number of aromatic nitrogens is 1. The highest BCUT2D eigenvalue weighted by atomic mass is 35.5. The molecule has 1 saturated heterocycles. The summed E-state index contributed by atoms with van der Waals surface area (Å²) in [6.45, 7) is 2.50. The van der Waals surface area contributed by atoms with Crippen molar-refractivity contribution in [2.75, 3.05) is 33.4 Å². The van der Waals surface area contributed by atoms with Crippen molar-refractivity contribution in [2.24, 2.45) is 0 Å². The summed E-state index contributed by atoms with van der Waals surface area (Å²) in [5.41, 5.74) is 1.26. The second-order valence-corrected chi connectivity index (χ2v) is 11.9. The van der Waals surface area contributed by atoms with Gasteiger partial charge in [0.05, 0.1) is 35.6 Å². The Kier molecular flexibility index (Phi) is 9.00. The average molecular weight is 579 g/mol. The van der Waals surface area contributed by atoms with E-state index in [4.69, 9.17) is 21.1 Å². The van der Waals surface area contributed by atoms with Crippen LogP contribution in [-0.2, 0) is 19.6 Å². The van der Waals surface area contributed by atoms with Crippen LogP contribution in [0.1, 0.15) is 16.6 Å². The number of halogens is 1. The van der Waals surface area contributed by atoms with Crippen LogP contribution in [0.2, 0.25) is 4.34 Å². The van der Waals surface area contributed by atoms with E-state index in [0.717, 1.165) is 11.3 Å². The third kappa shape index (κ3) is 6.33. The molecule has 38 heavy (non-hydrogen) atoms. The SMILES string of the molecule is COc1c(-c2ccncc2)cccc1S(=O)(=O)N[C@@H](CNC(=O)c1ccc(Cl)s1)C(=O)N1CCOC[C@@H]1C. The lowest BCUT2D eigenvalue weighted by molar-refractivity contribution is -0.140. The van der Waals surface area contributed by atoms with Crippen molar-refractivity contribution in [3.05, 3.63) is 64.1 Å². The van der Waals surface area contributed by atoms with E-state index < -0.39 is 27.9 Å². The summed E-state index contributed by atoms with van der Waals surface area (Å²) < 4.78 is 41.2. The van der Waals surface area contributed by atoms with Crippen LogP contribution in [0.15, 0.2) is 59.8 Å². The fourth-order valence-electron chi connectivity index (χ4n) is 4.10. The molecule has 1 aliphatic heterocycles. The Hall–Kier alpha value is -3.03. The number of thiophene rings is 1. The van der Waals surface area contributed by atoms with Crippen LogP contribution in [0.5, 0.6) is 5.75 Å². The molecule has 1 aromatic carbocycles. The number of ether oxygens (including phenoxy) is 2. The zero-order valence-corrected chi connectivity index (χ0v) is 23.1. The number of benzene rings is 1. The van der Waals surface area contributed by atoms with Crippen molar-refractivity contribution in [1.29, 1.82) is 0 Å². The van der Waals surface area contributed by atoms with Gasteiger partial charge in [0.1, 0.15) is 16.7 Å². The molecule has 13 heteroatoms. The smallest absolute Gasteiger partial charge is 0.261 e. The molecule has 1 aliphatic rings. The van der Waals surface area contributed by atoms with Gasteiger partial charge in [-0.15, -0.1) is 11.3 Å². The standard InChI is InChI=1S/C25H27ClN4O6S2/c1-16-15-36-13-12-30(16)25(32)19(14-28-24(31)20-6-7-22(26)37-20)29-38(33,34)21-5-3-4-18(23(21)35-2)17-8-10-27-11-9-17/h3-11,16,19,29H,12-15H2,1-2H3,(H,28,31)/t16-,19-/m0/s1. The molecule has 0 spiro atoms. The van der Waals surface area contributed by atoms with Crippen LogP contribution in [0.4, 0.5) is 0 Å². The van der Waals surface area contributed by atoms with Crippen molar-refractivity contribution >= 4 is 44.8 Å². The van der Waals surface area contributed by atoms with Crippen LogP contribution in [0.3, 0.4) is 0 Å². The molecule has 0 aliphatic carbocycles. The maximum absolute atomic E-state index is 13.7. The summed E-state index contributed by atoms with van der Waals surface area (Å²) in [4.78, 5) is 32.0. The second-order valence-electron chi connectivity index (χ2n) is 8.52. The highest BCUT2D eigenvalue weighted by molar-refractivity contribution is 7.89. The van der Waals surface area contributed by atoms with E-state index in [1.165, 1.54) is 13.2 Å². The lowest BCUT2D eigenvalue weighted by Crippen LogP contribution is -2.58.